The predicted octanol–water partition coefficient (Wildman–Crippen LogP) is 2.08. The van der Waals surface area contributed by atoms with Gasteiger partial charge >= 0.3 is 0 Å². The van der Waals surface area contributed by atoms with Crippen LogP contribution in [0.4, 0.5) is 5.69 Å². The number of amides is 1. The van der Waals surface area contributed by atoms with Crippen LogP contribution in [0.3, 0.4) is 0 Å². The van der Waals surface area contributed by atoms with Gasteiger partial charge in [-0.1, -0.05) is 6.92 Å². The molecule has 16 heavy (non-hydrogen) atoms. The van der Waals surface area contributed by atoms with Gasteiger partial charge < -0.3 is 11.1 Å². The smallest absolute Gasteiger partial charge is 0.227 e. The summed E-state index contributed by atoms with van der Waals surface area (Å²) in [5.74, 6) is -0.0919. The van der Waals surface area contributed by atoms with E-state index < -0.39 is 0 Å². The summed E-state index contributed by atoms with van der Waals surface area (Å²) in [5, 5.41) is 2.84. The molecule has 0 aliphatic rings. The molecule has 0 aromatic carbocycles. The van der Waals surface area contributed by atoms with Gasteiger partial charge in [-0.05, 0) is 48.0 Å². The monoisotopic (exact) mass is 285 g/mol. The number of hydrogen-bond acceptors (Lipinski definition) is 3. The van der Waals surface area contributed by atoms with Crippen LogP contribution >= 0.6 is 15.9 Å². The maximum atomic E-state index is 11.7. The first-order valence-electron chi connectivity index (χ1n) is 5.18. The maximum Gasteiger partial charge on any atom is 0.227 e. The topological polar surface area (TPSA) is 68.0 Å². The third-order valence-electron chi connectivity index (χ3n) is 2.36. The van der Waals surface area contributed by atoms with Crippen molar-refractivity contribution in [3.8, 4) is 0 Å². The van der Waals surface area contributed by atoms with Gasteiger partial charge in [-0.3, -0.25) is 4.79 Å². The zero-order chi connectivity index (χ0) is 12.1. The zero-order valence-electron chi connectivity index (χ0n) is 9.46. The molecule has 1 aromatic rings. The summed E-state index contributed by atoms with van der Waals surface area (Å²) >= 11 is 3.28. The molecule has 0 saturated carbocycles. The van der Waals surface area contributed by atoms with Crippen molar-refractivity contribution in [2.45, 2.75) is 20.3 Å². The number of halogens is 1. The third-order valence-corrected chi connectivity index (χ3v) is 2.80. The van der Waals surface area contributed by atoms with Gasteiger partial charge in [0.2, 0.25) is 5.91 Å². The van der Waals surface area contributed by atoms with Gasteiger partial charge in [0, 0.05) is 5.92 Å². The fourth-order valence-electron chi connectivity index (χ4n) is 1.30. The van der Waals surface area contributed by atoms with Crippen LogP contribution in [0.25, 0.3) is 0 Å². The average Bonchev–Trinajstić information content (AvgIpc) is 2.22. The summed E-state index contributed by atoms with van der Waals surface area (Å²) in [5.41, 5.74) is 6.95. The van der Waals surface area contributed by atoms with Crippen LogP contribution < -0.4 is 11.1 Å². The first-order valence-corrected chi connectivity index (χ1v) is 5.98. The summed E-state index contributed by atoms with van der Waals surface area (Å²) in [6.45, 7) is 4.24. The lowest BCUT2D eigenvalue weighted by Crippen LogP contribution is -2.23. The molecule has 88 valence electrons. The van der Waals surface area contributed by atoms with Crippen molar-refractivity contribution in [1.29, 1.82) is 0 Å². The number of pyridine rings is 1. The van der Waals surface area contributed by atoms with Crippen LogP contribution in [-0.2, 0) is 4.79 Å². The van der Waals surface area contributed by atoms with Crippen molar-refractivity contribution in [1.82, 2.24) is 4.98 Å². The van der Waals surface area contributed by atoms with E-state index in [1.54, 1.807) is 6.07 Å². The maximum absolute atomic E-state index is 11.7. The lowest BCUT2D eigenvalue weighted by molar-refractivity contribution is -0.119. The molecule has 1 amide bonds. The van der Waals surface area contributed by atoms with Crippen molar-refractivity contribution >= 4 is 27.5 Å². The summed E-state index contributed by atoms with van der Waals surface area (Å²) in [6.07, 6.45) is 0.689. The molecule has 1 heterocycles. The SMILES string of the molecule is Cc1nc(Br)ccc1NC(=O)C(C)CCN. The van der Waals surface area contributed by atoms with Gasteiger partial charge in [0.05, 0.1) is 11.4 Å². The van der Waals surface area contributed by atoms with E-state index in [-0.39, 0.29) is 11.8 Å². The first-order chi connectivity index (χ1) is 7.54. The van der Waals surface area contributed by atoms with E-state index in [1.807, 2.05) is 19.9 Å². The predicted molar refractivity (Wildman–Crippen MR) is 68.1 cm³/mol. The molecule has 1 aromatic heterocycles. The number of nitrogens with two attached hydrogens (primary N) is 1. The van der Waals surface area contributed by atoms with E-state index in [4.69, 9.17) is 5.73 Å². The van der Waals surface area contributed by atoms with E-state index in [1.165, 1.54) is 0 Å². The largest absolute Gasteiger partial charge is 0.330 e. The van der Waals surface area contributed by atoms with E-state index in [2.05, 4.69) is 26.2 Å². The summed E-state index contributed by atoms with van der Waals surface area (Å²) in [6, 6.07) is 3.63. The highest BCUT2D eigenvalue weighted by molar-refractivity contribution is 9.10. The standard InChI is InChI=1S/C11H16BrN3O/c1-7(5-6-13)11(16)15-9-3-4-10(12)14-8(9)2/h3-4,7H,5-6,13H2,1-2H3,(H,15,16). The number of hydrogen-bond donors (Lipinski definition) is 2. The second-order valence-corrected chi connectivity index (χ2v) is 4.55. The number of aromatic nitrogens is 1. The Hall–Kier alpha value is -0.940. The number of nitrogens with zero attached hydrogens (tertiary/aromatic N) is 1. The van der Waals surface area contributed by atoms with Gasteiger partial charge in [-0.2, -0.15) is 0 Å². The van der Waals surface area contributed by atoms with Gasteiger partial charge in [0.1, 0.15) is 4.60 Å². The second-order valence-electron chi connectivity index (χ2n) is 3.73. The molecular formula is C11H16BrN3O. The molecule has 3 N–H and O–H groups in total. The van der Waals surface area contributed by atoms with Gasteiger partial charge in [0.25, 0.3) is 0 Å². The molecule has 1 rings (SSSR count). The van der Waals surface area contributed by atoms with Gasteiger partial charge in [-0.15, -0.1) is 0 Å². The van der Waals surface area contributed by atoms with Crippen LogP contribution in [0.15, 0.2) is 16.7 Å². The Balaban J connectivity index is 2.69. The molecule has 0 radical (unpaired) electrons. The van der Waals surface area contributed by atoms with E-state index >= 15 is 0 Å². The molecule has 0 aliphatic carbocycles. The molecule has 0 spiro atoms. The number of rotatable bonds is 4. The van der Waals surface area contributed by atoms with Gasteiger partial charge in [-0.25, -0.2) is 4.98 Å². The minimum atomic E-state index is -0.0759. The molecular weight excluding hydrogens is 270 g/mol. The highest BCUT2D eigenvalue weighted by Crippen LogP contribution is 2.17. The highest BCUT2D eigenvalue weighted by Gasteiger charge is 2.13. The van der Waals surface area contributed by atoms with E-state index in [0.29, 0.717) is 13.0 Å². The Morgan fingerprint density at radius 1 is 1.62 bits per heavy atom. The second kappa shape index (κ2) is 5.96. The first kappa shape index (κ1) is 13.1. The molecule has 4 nitrogen and oxygen atoms in total. The Bertz CT molecular complexity index is 381. The van der Waals surface area contributed by atoms with Gasteiger partial charge in [0.15, 0.2) is 0 Å². The third kappa shape index (κ3) is 3.57. The molecule has 0 fully saturated rings. The van der Waals surface area contributed by atoms with Crippen LogP contribution in [0.5, 0.6) is 0 Å². The van der Waals surface area contributed by atoms with Crippen LogP contribution in [0.2, 0.25) is 0 Å². The van der Waals surface area contributed by atoms with Crippen LogP contribution in [0.1, 0.15) is 19.0 Å². The van der Waals surface area contributed by atoms with Crippen LogP contribution in [0, 0.1) is 12.8 Å². The van der Waals surface area contributed by atoms with Crippen molar-refractivity contribution in [2.24, 2.45) is 11.7 Å². The van der Waals surface area contributed by atoms with Crippen molar-refractivity contribution in [2.75, 3.05) is 11.9 Å². The summed E-state index contributed by atoms with van der Waals surface area (Å²) < 4.78 is 0.762. The van der Waals surface area contributed by atoms with E-state index in [0.717, 1.165) is 16.0 Å². The number of aryl methyl sites for hydroxylation is 1. The fraction of sp³-hybridized carbons (Fsp3) is 0.455. The quantitative estimate of drug-likeness (QED) is 0.833. The normalized spacial score (nSPS) is 12.2. The Morgan fingerprint density at radius 2 is 2.31 bits per heavy atom. The molecule has 1 atom stereocenters. The summed E-state index contributed by atoms with van der Waals surface area (Å²) in [7, 11) is 0. The van der Waals surface area contributed by atoms with E-state index in [9.17, 15) is 4.79 Å². The summed E-state index contributed by atoms with van der Waals surface area (Å²) in [4.78, 5) is 15.9. The van der Waals surface area contributed by atoms with Crippen molar-refractivity contribution in [3.63, 3.8) is 0 Å². The minimum Gasteiger partial charge on any atom is -0.330 e. The minimum absolute atomic E-state index is 0.0160. The Morgan fingerprint density at radius 3 is 2.88 bits per heavy atom. The number of carbonyl (C=O) groups excluding carboxylic acids is 1. The number of nitrogens with one attached hydrogen (secondary N) is 1. The fourth-order valence-corrected chi connectivity index (χ4v) is 1.70. The molecule has 1 unspecified atom stereocenters. The molecule has 0 aliphatic heterocycles. The number of carbonyl (C=O) groups is 1. The molecule has 0 saturated heterocycles. The number of anilines is 1. The van der Waals surface area contributed by atoms with Crippen molar-refractivity contribution < 1.29 is 4.79 Å². The lowest BCUT2D eigenvalue weighted by atomic mass is 10.1. The Labute approximate surface area is 104 Å². The Kier molecular flexibility index (Phi) is 4.89. The van der Waals surface area contributed by atoms with Crippen LogP contribution in [-0.4, -0.2) is 17.4 Å². The van der Waals surface area contributed by atoms with Crippen molar-refractivity contribution in [3.05, 3.63) is 22.4 Å². The zero-order valence-corrected chi connectivity index (χ0v) is 11.0. The lowest BCUT2D eigenvalue weighted by Gasteiger charge is -2.12. The molecule has 0 bridgehead atoms. The average molecular weight is 286 g/mol. The molecule has 5 heteroatoms. The highest BCUT2D eigenvalue weighted by atomic mass is 79.9.